The van der Waals surface area contributed by atoms with Crippen molar-refractivity contribution in [2.75, 3.05) is 6.54 Å². The van der Waals surface area contributed by atoms with Gasteiger partial charge < -0.3 is 4.74 Å². The number of ether oxygens (including phenoxy) is 1. The third-order valence-corrected chi connectivity index (χ3v) is 2.66. The molecule has 2 unspecified atom stereocenters. The summed E-state index contributed by atoms with van der Waals surface area (Å²) in [6.45, 7) is 6.75. The molecule has 0 spiro atoms. The van der Waals surface area contributed by atoms with E-state index in [1.165, 1.54) is 6.42 Å². The van der Waals surface area contributed by atoms with Crippen molar-refractivity contribution in [3.05, 3.63) is 0 Å². The average molecular weight is 198 g/mol. The summed E-state index contributed by atoms with van der Waals surface area (Å²) in [4.78, 5) is 11.7. The highest BCUT2D eigenvalue weighted by molar-refractivity contribution is 5.76. The fourth-order valence-electron chi connectivity index (χ4n) is 1.90. The average Bonchev–Trinajstić information content (AvgIpc) is 2.24. The number of esters is 1. The Bertz CT molecular complexity index is 235. The minimum Gasteiger partial charge on any atom is -0.459 e. The minimum absolute atomic E-state index is 0.119. The highest BCUT2D eigenvalue weighted by Gasteiger charge is 2.42. The lowest BCUT2D eigenvalue weighted by Gasteiger charge is -2.33. The number of hydrogen-bond acceptors (Lipinski definition) is 4. The second-order valence-corrected chi connectivity index (χ2v) is 5.09. The summed E-state index contributed by atoms with van der Waals surface area (Å²) in [5.41, 5.74) is 2.79. The molecule has 80 valence electrons. The second kappa shape index (κ2) is 3.21. The van der Waals surface area contributed by atoms with Gasteiger partial charge in [-0.1, -0.05) is 0 Å². The number of hydrogen-bond donors (Lipinski definition) is 1. The highest BCUT2D eigenvalue weighted by atomic mass is 16.6. The molecule has 1 N–H and O–H groups in total. The van der Waals surface area contributed by atoms with Gasteiger partial charge in [-0.15, -0.1) is 0 Å². The van der Waals surface area contributed by atoms with Gasteiger partial charge in [-0.05, 0) is 33.6 Å². The van der Waals surface area contributed by atoms with Gasteiger partial charge in [-0.2, -0.15) is 0 Å². The molecular weight excluding hydrogens is 180 g/mol. The standard InChI is InChI=1S/C10H18N2O2/c1-10(2,3)14-9(13)8-6-7-4-5-12(7)11-8/h7-8,11H,4-6H2,1-3H3. The first-order chi connectivity index (χ1) is 6.46. The maximum Gasteiger partial charge on any atom is 0.325 e. The van der Waals surface area contributed by atoms with Crippen LogP contribution in [0.25, 0.3) is 0 Å². The summed E-state index contributed by atoms with van der Waals surface area (Å²) in [5.74, 6) is -0.119. The van der Waals surface area contributed by atoms with Crippen molar-refractivity contribution >= 4 is 5.97 Å². The third kappa shape index (κ3) is 1.91. The van der Waals surface area contributed by atoms with Crippen LogP contribution in [0, 0.1) is 0 Å². The molecule has 4 heteroatoms. The van der Waals surface area contributed by atoms with E-state index in [1.54, 1.807) is 0 Å². The van der Waals surface area contributed by atoms with Gasteiger partial charge in [0, 0.05) is 12.6 Å². The maximum absolute atomic E-state index is 11.7. The third-order valence-electron chi connectivity index (χ3n) is 2.66. The molecule has 0 aliphatic carbocycles. The molecule has 2 atom stereocenters. The van der Waals surface area contributed by atoms with Gasteiger partial charge >= 0.3 is 5.97 Å². The number of hydrazine groups is 1. The van der Waals surface area contributed by atoms with Crippen molar-refractivity contribution in [2.45, 2.75) is 51.3 Å². The van der Waals surface area contributed by atoms with Gasteiger partial charge in [0.15, 0.2) is 0 Å². The topological polar surface area (TPSA) is 41.6 Å². The van der Waals surface area contributed by atoms with Crippen LogP contribution in [0.3, 0.4) is 0 Å². The molecule has 0 aromatic carbocycles. The molecule has 2 fully saturated rings. The van der Waals surface area contributed by atoms with E-state index in [0.717, 1.165) is 13.0 Å². The largest absolute Gasteiger partial charge is 0.459 e. The van der Waals surface area contributed by atoms with E-state index in [4.69, 9.17) is 4.74 Å². The summed E-state index contributed by atoms with van der Waals surface area (Å²) in [5, 5.41) is 2.13. The van der Waals surface area contributed by atoms with Gasteiger partial charge in [0.05, 0.1) is 0 Å². The predicted octanol–water partition coefficient (Wildman–Crippen LogP) is 0.679. The zero-order valence-corrected chi connectivity index (χ0v) is 9.04. The Labute approximate surface area is 84.6 Å². The fourth-order valence-corrected chi connectivity index (χ4v) is 1.90. The highest BCUT2D eigenvalue weighted by Crippen LogP contribution is 2.27. The maximum atomic E-state index is 11.7. The molecule has 0 aromatic rings. The SMILES string of the molecule is CC(C)(C)OC(=O)C1CC2CCN2N1. The zero-order chi connectivity index (χ0) is 10.3. The molecule has 4 nitrogen and oxygen atoms in total. The van der Waals surface area contributed by atoms with Crippen molar-refractivity contribution in [3.63, 3.8) is 0 Å². The first-order valence-corrected chi connectivity index (χ1v) is 5.21. The number of nitrogens with zero attached hydrogens (tertiary/aromatic N) is 1. The van der Waals surface area contributed by atoms with Crippen LogP contribution in [-0.4, -0.2) is 35.2 Å². The second-order valence-electron chi connectivity index (χ2n) is 5.09. The molecule has 0 radical (unpaired) electrons. The molecule has 0 saturated carbocycles. The fraction of sp³-hybridized carbons (Fsp3) is 0.900. The first-order valence-electron chi connectivity index (χ1n) is 5.21. The van der Waals surface area contributed by atoms with Gasteiger partial charge in [-0.25, -0.2) is 10.4 Å². The van der Waals surface area contributed by atoms with E-state index in [9.17, 15) is 4.79 Å². The number of rotatable bonds is 1. The van der Waals surface area contributed by atoms with E-state index in [0.29, 0.717) is 6.04 Å². The van der Waals surface area contributed by atoms with Crippen LogP contribution >= 0.6 is 0 Å². The van der Waals surface area contributed by atoms with Crippen LogP contribution in [0.4, 0.5) is 0 Å². The lowest BCUT2D eigenvalue weighted by Crippen LogP contribution is -2.50. The summed E-state index contributed by atoms with van der Waals surface area (Å²) < 4.78 is 5.32. The van der Waals surface area contributed by atoms with Crippen LogP contribution in [-0.2, 0) is 9.53 Å². The molecule has 2 aliphatic heterocycles. The Kier molecular flexibility index (Phi) is 2.27. The Balaban J connectivity index is 1.87. The number of nitrogens with one attached hydrogen (secondary N) is 1. The van der Waals surface area contributed by atoms with E-state index in [-0.39, 0.29) is 17.6 Å². The van der Waals surface area contributed by atoms with Crippen molar-refractivity contribution in [3.8, 4) is 0 Å². The van der Waals surface area contributed by atoms with Gasteiger partial charge in [0.25, 0.3) is 0 Å². The zero-order valence-electron chi connectivity index (χ0n) is 9.04. The molecule has 2 aliphatic rings. The molecule has 0 bridgehead atoms. The van der Waals surface area contributed by atoms with E-state index >= 15 is 0 Å². The number of carbonyl (C=O) groups is 1. The van der Waals surface area contributed by atoms with Crippen molar-refractivity contribution < 1.29 is 9.53 Å². The van der Waals surface area contributed by atoms with Crippen LogP contribution in [0.5, 0.6) is 0 Å². The van der Waals surface area contributed by atoms with E-state index in [1.807, 2.05) is 20.8 Å². The number of carbonyl (C=O) groups excluding carboxylic acids is 1. The molecule has 2 saturated heterocycles. The smallest absolute Gasteiger partial charge is 0.325 e. The quantitative estimate of drug-likeness (QED) is 0.629. The summed E-state index contributed by atoms with van der Waals surface area (Å²) in [7, 11) is 0. The predicted molar refractivity (Wildman–Crippen MR) is 52.5 cm³/mol. The van der Waals surface area contributed by atoms with Crippen LogP contribution in [0.1, 0.15) is 33.6 Å². The monoisotopic (exact) mass is 198 g/mol. The normalized spacial score (nSPS) is 32.2. The Hall–Kier alpha value is -0.610. The van der Waals surface area contributed by atoms with E-state index < -0.39 is 0 Å². The van der Waals surface area contributed by atoms with Crippen molar-refractivity contribution in [1.82, 2.24) is 10.4 Å². The Morgan fingerprint density at radius 3 is 2.57 bits per heavy atom. The molecular formula is C10H18N2O2. The van der Waals surface area contributed by atoms with Gasteiger partial charge in [-0.3, -0.25) is 4.79 Å². The van der Waals surface area contributed by atoms with Crippen LogP contribution in [0.2, 0.25) is 0 Å². The Morgan fingerprint density at radius 1 is 1.50 bits per heavy atom. The molecule has 0 amide bonds. The van der Waals surface area contributed by atoms with Gasteiger partial charge in [0.1, 0.15) is 11.6 Å². The lowest BCUT2D eigenvalue weighted by atomic mass is 10.0. The minimum atomic E-state index is -0.379. The summed E-state index contributed by atoms with van der Waals surface area (Å²) in [6, 6.07) is 0.439. The summed E-state index contributed by atoms with van der Waals surface area (Å²) >= 11 is 0. The summed E-state index contributed by atoms with van der Waals surface area (Å²) in [6.07, 6.45) is 2.10. The van der Waals surface area contributed by atoms with Crippen LogP contribution in [0.15, 0.2) is 0 Å². The lowest BCUT2D eigenvalue weighted by molar-refractivity contribution is -0.157. The first kappa shape index (κ1) is 9.93. The van der Waals surface area contributed by atoms with Crippen LogP contribution < -0.4 is 5.43 Å². The van der Waals surface area contributed by atoms with Gasteiger partial charge in [0.2, 0.25) is 0 Å². The Morgan fingerprint density at radius 2 is 2.21 bits per heavy atom. The van der Waals surface area contributed by atoms with Crippen molar-refractivity contribution in [2.24, 2.45) is 0 Å². The molecule has 14 heavy (non-hydrogen) atoms. The van der Waals surface area contributed by atoms with Crippen molar-refractivity contribution in [1.29, 1.82) is 0 Å². The molecule has 2 rings (SSSR count). The molecule has 0 aromatic heterocycles. The molecule has 2 heterocycles. The number of fused-ring (bicyclic) bond motifs is 1. The van der Waals surface area contributed by atoms with E-state index in [2.05, 4.69) is 10.4 Å².